The number of carbonyl (C=O) groups excluding carboxylic acids is 1. The van der Waals surface area contributed by atoms with Crippen LogP contribution in [0, 0.1) is 5.92 Å². The lowest BCUT2D eigenvalue weighted by Crippen LogP contribution is -2.50. The standard InChI is InChI=1S/C13H18N2O4/c16-12(11-7-9(13(17)18)14-19-11)15-6-2-4-8-3-1-5-10(8)15/h8,10-11H,1-7H2,(H,17,18). The fraction of sp³-hybridized carbons (Fsp3) is 0.769. The number of hydrogen-bond acceptors (Lipinski definition) is 4. The minimum absolute atomic E-state index is 0.0571. The molecule has 0 aromatic rings. The van der Waals surface area contributed by atoms with E-state index in [9.17, 15) is 9.59 Å². The van der Waals surface area contributed by atoms with Gasteiger partial charge in [-0.1, -0.05) is 11.6 Å². The summed E-state index contributed by atoms with van der Waals surface area (Å²) in [6.45, 7) is 0.766. The Morgan fingerprint density at radius 2 is 2.05 bits per heavy atom. The summed E-state index contributed by atoms with van der Waals surface area (Å²) in [6, 6.07) is 0.332. The van der Waals surface area contributed by atoms with E-state index in [-0.39, 0.29) is 18.0 Å². The van der Waals surface area contributed by atoms with Crippen LogP contribution < -0.4 is 0 Å². The summed E-state index contributed by atoms with van der Waals surface area (Å²) in [4.78, 5) is 30.2. The number of carboxylic acid groups (broad SMARTS) is 1. The predicted octanol–water partition coefficient (Wildman–Crippen LogP) is 1.01. The van der Waals surface area contributed by atoms with Crippen LogP contribution >= 0.6 is 0 Å². The molecular weight excluding hydrogens is 248 g/mol. The quantitative estimate of drug-likeness (QED) is 0.809. The van der Waals surface area contributed by atoms with Crippen molar-refractivity contribution in [1.82, 2.24) is 4.90 Å². The van der Waals surface area contributed by atoms with Gasteiger partial charge in [0, 0.05) is 19.0 Å². The minimum Gasteiger partial charge on any atom is -0.477 e. The number of rotatable bonds is 2. The average Bonchev–Trinajstić information content (AvgIpc) is 3.06. The van der Waals surface area contributed by atoms with E-state index in [1.165, 1.54) is 19.3 Å². The highest BCUT2D eigenvalue weighted by Crippen LogP contribution is 2.37. The Hall–Kier alpha value is -1.59. The zero-order valence-electron chi connectivity index (χ0n) is 10.7. The van der Waals surface area contributed by atoms with Gasteiger partial charge >= 0.3 is 5.97 Å². The summed E-state index contributed by atoms with van der Waals surface area (Å²) < 4.78 is 0. The summed E-state index contributed by atoms with van der Waals surface area (Å²) in [7, 11) is 0. The molecule has 1 N–H and O–H groups in total. The normalized spacial score (nSPS) is 33.6. The van der Waals surface area contributed by atoms with Crippen LogP contribution in [0.3, 0.4) is 0 Å². The van der Waals surface area contributed by atoms with Crippen LogP contribution in [-0.4, -0.2) is 46.3 Å². The van der Waals surface area contributed by atoms with E-state index in [0.29, 0.717) is 12.0 Å². The average molecular weight is 266 g/mol. The molecule has 0 radical (unpaired) electrons. The summed E-state index contributed by atoms with van der Waals surface area (Å²) in [5.74, 6) is -0.566. The monoisotopic (exact) mass is 266 g/mol. The zero-order valence-corrected chi connectivity index (χ0v) is 10.7. The Balaban J connectivity index is 1.66. The van der Waals surface area contributed by atoms with Gasteiger partial charge in [0.2, 0.25) is 6.10 Å². The van der Waals surface area contributed by atoms with Gasteiger partial charge in [0.25, 0.3) is 5.91 Å². The highest BCUT2D eigenvalue weighted by atomic mass is 16.6. The van der Waals surface area contributed by atoms with Crippen LogP contribution in [0.25, 0.3) is 0 Å². The van der Waals surface area contributed by atoms with Crippen molar-refractivity contribution in [3.05, 3.63) is 0 Å². The number of hydrogen-bond donors (Lipinski definition) is 1. The topological polar surface area (TPSA) is 79.2 Å². The first-order valence-electron chi connectivity index (χ1n) is 6.93. The Morgan fingerprint density at radius 1 is 1.26 bits per heavy atom. The first kappa shape index (κ1) is 12.4. The third-order valence-corrected chi connectivity index (χ3v) is 4.47. The Morgan fingerprint density at radius 3 is 2.79 bits per heavy atom. The van der Waals surface area contributed by atoms with Crippen LogP contribution in [0.15, 0.2) is 5.16 Å². The molecule has 19 heavy (non-hydrogen) atoms. The van der Waals surface area contributed by atoms with E-state index in [4.69, 9.17) is 9.94 Å². The first-order chi connectivity index (χ1) is 9.16. The highest BCUT2D eigenvalue weighted by Gasteiger charge is 2.42. The van der Waals surface area contributed by atoms with Gasteiger partial charge in [0.15, 0.2) is 5.71 Å². The molecular formula is C13H18N2O4. The van der Waals surface area contributed by atoms with E-state index >= 15 is 0 Å². The summed E-state index contributed by atoms with van der Waals surface area (Å²) in [5.41, 5.74) is -0.0571. The van der Waals surface area contributed by atoms with Gasteiger partial charge in [-0.15, -0.1) is 0 Å². The van der Waals surface area contributed by atoms with Crippen LogP contribution in [0.1, 0.15) is 38.5 Å². The lowest BCUT2D eigenvalue weighted by molar-refractivity contribution is -0.146. The molecule has 0 spiro atoms. The van der Waals surface area contributed by atoms with Crippen molar-refractivity contribution in [2.75, 3.05) is 6.54 Å². The van der Waals surface area contributed by atoms with Crippen molar-refractivity contribution < 1.29 is 19.5 Å². The molecule has 2 aliphatic heterocycles. The molecule has 3 atom stereocenters. The number of oxime groups is 1. The van der Waals surface area contributed by atoms with Gasteiger partial charge in [0.1, 0.15) is 0 Å². The van der Waals surface area contributed by atoms with Crippen molar-refractivity contribution in [1.29, 1.82) is 0 Å². The van der Waals surface area contributed by atoms with Gasteiger partial charge in [-0.05, 0) is 31.6 Å². The smallest absolute Gasteiger partial charge is 0.353 e. The molecule has 1 amide bonds. The number of aliphatic carboxylic acids is 1. The van der Waals surface area contributed by atoms with Crippen molar-refractivity contribution in [3.63, 3.8) is 0 Å². The lowest BCUT2D eigenvalue weighted by Gasteiger charge is -2.38. The van der Waals surface area contributed by atoms with Crippen LogP contribution in [0.4, 0.5) is 0 Å². The van der Waals surface area contributed by atoms with Crippen molar-refractivity contribution >= 4 is 17.6 Å². The molecule has 1 saturated heterocycles. The predicted molar refractivity (Wildman–Crippen MR) is 66.6 cm³/mol. The second kappa shape index (κ2) is 4.83. The molecule has 3 aliphatic rings. The Bertz CT molecular complexity index is 434. The van der Waals surface area contributed by atoms with E-state index in [0.717, 1.165) is 19.4 Å². The maximum absolute atomic E-state index is 12.4. The Kier molecular flexibility index (Phi) is 3.16. The number of nitrogens with zero attached hydrogens (tertiary/aromatic N) is 2. The summed E-state index contributed by atoms with van der Waals surface area (Å²) >= 11 is 0. The van der Waals surface area contributed by atoms with Gasteiger partial charge in [-0.3, -0.25) is 4.79 Å². The number of carboxylic acids is 1. The molecule has 104 valence electrons. The number of piperidine rings is 1. The minimum atomic E-state index is -1.10. The second-order valence-electron chi connectivity index (χ2n) is 5.57. The molecule has 6 heteroatoms. The van der Waals surface area contributed by atoms with Gasteiger partial charge in [-0.25, -0.2) is 4.79 Å². The third kappa shape index (κ3) is 2.19. The molecule has 3 rings (SSSR count). The SMILES string of the molecule is O=C(O)C1=NOC(C(=O)N2CCCC3CCCC32)C1. The fourth-order valence-electron chi connectivity index (χ4n) is 3.55. The zero-order chi connectivity index (χ0) is 13.4. The van der Waals surface area contributed by atoms with Crippen molar-refractivity contribution in [2.45, 2.75) is 50.7 Å². The van der Waals surface area contributed by atoms with E-state index < -0.39 is 12.1 Å². The van der Waals surface area contributed by atoms with E-state index in [1.807, 2.05) is 4.90 Å². The van der Waals surface area contributed by atoms with Crippen LogP contribution in [0.5, 0.6) is 0 Å². The number of carbonyl (C=O) groups is 2. The third-order valence-electron chi connectivity index (χ3n) is 4.47. The van der Waals surface area contributed by atoms with Gasteiger partial charge < -0.3 is 14.8 Å². The second-order valence-corrected chi connectivity index (χ2v) is 5.57. The molecule has 2 heterocycles. The summed E-state index contributed by atoms with van der Waals surface area (Å²) in [5, 5.41) is 12.3. The molecule has 1 aliphatic carbocycles. The molecule has 6 nitrogen and oxygen atoms in total. The number of amides is 1. The van der Waals surface area contributed by atoms with Crippen molar-refractivity contribution in [2.24, 2.45) is 11.1 Å². The lowest BCUT2D eigenvalue weighted by atomic mass is 9.91. The van der Waals surface area contributed by atoms with Crippen molar-refractivity contribution in [3.8, 4) is 0 Å². The molecule has 0 aromatic heterocycles. The molecule has 0 bridgehead atoms. The molecule has 1 saturated carbocycles. The molecule has 2 fully saturated rings. The van der Waals surface area contributed by atoms with Crippen LogP contribution in [0.2, 0.25) is 0 Å². The molecule has 0 aromatic carbocycles. The molecule has 3 unspecified atom stereocenters. The number of likely N-dealkylation sites (tertiary alicyclic amines) is 1. The van der Waals surface area contributed by atoms with E-state index in [1.54, 1.807) is 0 Å². The highest BCUT2D eigenvalue weighted by molar-refractivity contribution is 6.36. The van der Waals surface area contributed by atoms with Gasteiger partial charge in [0.05, 0.1) is 0 Å². The maximum atomic E-state index is 12.4. The Labute approximate surface area is 111 Å². The first-order valence-corrected chi connectivity index (χ1v) is 6.93. The summed E-state index contributed by atoms with van der Waals surface area (Å²) in [6.07, 6.45) is 5.05. The van der Waals surface area contributed by atoms with Gasteiger partial charge in [-0.2, -0.15) is 0 Å². The maximum Gasteiger partial charge on any atom is 0.353 e. The van der Waals surface area contributed by atoms with E-state index in [2.05, 4.69) is 5.16 Å². The van der Waals surface area contributed by atoms with Crippen LogP contribution in [-0.2, 0) is 14.4 Å². The fourth-order valence-corrected chi connectivity index (χ4v) is 3.55. The largest absolute Gasteiger partial charge is 0.477 e. The number of fused-ring (bicyclic) bond motifs is 1.